The van der Waals surface area contributed by atoms with Crippen LogP contribution in [0.15, 0.2) is 0 Å². The molecule has 1 fully saturated rings. The van der Waals surface area contributed by atoms with Gasteiger partial charge in [0.2, 0.25) is 0 Å². The summed E-state index contributed by atoms with van der Waals surface area (Å²) in [5, 5.41) is 6.72. The summed E-state index contributed by atoms with van der Waals surface area (Å²) < 4.78 is 0. The van der Waals surface area contributed by atoms with E-state index in [4.69, 9.17) is 12.2 Å². The highest BCUT2D eigenvalue weighted by atomic mass is 32.1. The van der Waals surface area contributed by atoms with Gasteiger partial charge >= 0.3 is 0 Å². The topological polar surface area (TPSA) is 24.1 Å². The third kappa shape index (κ3) is 0.791. The number of hydrogen-bond donors (Lipinski definition) is 2. The van der Waals surface area contributed by atoms with Gasteiger partial charge in [0.1, 0.15) is 0 Å². The molecule has 34 valence electrons. The van der Waals surface area contributed by atoms with E-state index in [0.717, 1.165) is 20.1 Å². The van der Waals surface area contributed by atoms with Gasteiger partial charge in [0, 0.05) is 0 Å². The van der Waals surface area contributed by atoms with Crippen LogP contribution in [0.5, 0.6) is 0 Å². The van der Waals surface area contributed by atoms with Gasteiger partial charge in [-0.2, -0.15) is 0 Å². The summed E-state index contributed by atoms with van der Waals surface area (Å²) in [6, 6.07) is 0. The highest BCUT2D eigenvalue weighted by molar-refractivity contribution is 7.80. The van der Waals surface area contributed by atoms with Crippen LogP contribution in [0.2, 0.25) is 0 Å². The summed E-state index contributed by atoms with van der Waals surface area (Å²) in [5.41, 5.74) is 0. The van der Waals surface area contributed by atoms with Crippen LogP contribution in [0.1, 0.15) is 0 Å². The Morgan fingerprint density at radius 2 is 2.67 bits per heavy atom. The lowest BCUT2D eigenvalue weighted by Crippen LogP contribution is -2.18. The molecule has 0 aromatic carbocycles. The van der Waals surface area contributed by atoms with Gasteiger partial charge in [-0.3, -0.25) is 0 Å². The number of nitrogens with one attached hydrogen (secondary N) is 2. The number of thiocarbonyl (C=S) groups is 1. The van der Waals surface area contributed by atoms with E-state index in [-0.39, 0.29) is 0 Å². The lowest BCUT2D eigenvalue weighted by atomic mass is 11.1. The highest BCUT2D eigenvalue weighted by Crippen LogP contribution is 2.03. The van der Waals surface area contributed by atoms with E-state index >= 15 is 0 Å². The van der Waals surface area contributed by atoms with Gasteiger partial charge in [0.05, 0.1) is 6.29 Å². The maximum absolute atomic E-state index is 4.70. The zero-order valence-corrected chi connectivity index (χ0v) is 4.93. The monoisotopic (exact) mass is 120 g/mol. The average Bonchev–Trinajstić information content (AvgIpc) is 1.86. The van der Waals surface area contributed by atoms with Gasteiger partial charge in [-0.25, -0.2) is 0 Å². The summed E-state index contributed by atoms with van der Waals surface area (Å²) >= 11 is 4.70. The molecule has 0 aromatic rings. The highest BCUT2D eigenvalue weighted by Gasteiger charge is 1.98. The van der Waals surface area contributed by atoms with E-state index in [2.05, 4.69) is 10.4 Å². The zero-order valence-electron chi connectivity index (χ0n) is 3.12. The molecule has 0 aliphatic carbocycles. The summed E-state index contributed by atoms with van der Waals surface area (Å²) in [5.74, 6) is 0. The average molecular weight is 120 g/mol. The molecule has 1 unspecified atom stereocenters. The quantitative estimate of drug-likeness (QED) is 0.348. The first kappa shape index (κ1) is 4.28. The van der Waals surface area contributed by atoms with Crippen molar-refractivity contribution in [2.75, 3.05) is 6.29 Å². The molecule has 4 heteroatoms. The van der Waals surface area contributed by atoms with Crippen LogP contribution < -0.4 is 10.4 Å². The van der Waals surface area contributed by atoms with E-state index in [9.17, 15) is 0 Å². The van der Waals surface area contributed by atoms with Crippen LogP contribution in [0, 0.1) is 0 Å². The summed E-state index contributed by atoms with van der Waals surface area (Å²) in [6.45, 7) is 0. The minimum absolute atomic E-state index is 0.787. The van der Waals surface area contributed by atoms with E-state index < -0.39 is 0 Å². The fourth-order valence-corrected chi connectivity index (χ4v) is 1.31. The van der Waals surface area contributed by atoms with Crippen molar-refractivity contribution in [3.8, 4) is 0 Å². The van der Waals surface area contributed by atoms with Crippen molar-refractivity contribution in [2.45, 2.75) is 0 Å². The largest absolute Gasteiger partial charge is 0.357 e. The Kier molecular flexibility index (Phi) is 1.22. The van der Waals surface area contributed by atoms with Crippen LogP contribution >= 0.6 is 20.9 Å². The maximum Gasteiger partial charge on any atom is 0.169 e. The molecule has 1 saturated heterocycles. The molecule has 2 N–H and O–H groups in total. The Morgan fingerprint density at radius 1 is 1.83 bits per heavy atom. The van der Waals surface area contributed by atoms with Crippen molar-refractivity contribution in [1.82, 2.24) is 10.4 Å². The Morgan fingerprint density at radius 3 is 2.83 bits per heavy atom. The lowest BCUT2D eigenvalue weighted by molar-refractivity contribution is 1.16. The second-order valence-electron chi connectivity index (χ2n) is 0.984. The van der Waals surface area contributed by atoms with Crippen molar-refractivity contribution in [3.63, 3.8) is 0 Å². The molecule has 1 rings (SSSR count). The molecule has 1 atom stereocenters. The Hall–Kier alpha value is 0.120. The third-order valence-electron chi connectivity index (χ3n) is 0.539. The third-order valence-corrected chi connectivity index (χ3v) is 1.75. The van der Waals surface area contributed by atoms with Crippen LogP contribution in [0.3, 0.4) is 0 Å². The molecule has 0 aromatic heterocycles. The van der Waals surface area contributed by atoms with E-state index in [0.29, 0.717) is 0 Å². The Labute approximate surface area is 43.5 Å². The summed E-state index contributed by atoms with van der Waals surface area (Å²) in [7, 11) is 0.787. The van der Waals surface area contributed by atoms with Gasteiger partial charge in [-0.05, 0) is 20.9 Å². The van der Waals surface area contributed by atoms with Gasteiger partial charge in [0.15, 0.2) is 5.11 Å². The van der Waals surface area contributed by atoms with Crippen LogP contribution in [0.4, 0.5) is 0 Å². The van der Waals surface area contributed by atoms with E-state index in [1.807, 2.05) is 0 Å². The molecule has 2 nitrogen and oxygen atoms in total. The second-order valence-corrected chi connectivity index (χ2v) is 2.35. The predicted molar refractivity (Wildman–Crippen MR) is 32.1 cm³/mol. The molecule has 1 aliphatic heterocycles. The maximum atomic E-state index is 4.70. The minimum atomic E-state index is 0.787. The second kappa shape index (κ2) is 1.71. The van der Waals surface area contributed by atoms with Gasteiger partial charge in [-0.15, -0.1) is 0 Å². The SMILES string of the molecule is S=C1NCPN1. The van der Waals surface area contributed by atoms with Crippen LogP contribution in [-0.4, -0.2) is 11.4 Å². The predicted octanol–water partition coefficient (Wildman–Crippen LogP) is 0.0151. The fourth-order valence-electron chi connectivity index (χ4n) is 0.293. The molecule has 0 radical (unpaired) electrons. The molecule has 1 heterocycles. The van der Waals surface area contributed by atoms with Crippen molar-refractivity contribution >= 4 is 26.1 Å². The van der Waals surface area contributed by atoms with Crippen LogP contribution in [0.25, 0.3) is 0 Å². The fraction of sp³-hybridized carbons (Fsp3) is 0.500. The molecular weight excluding hydrogens is 115 g/mol. The number of hydrogen-bond acceptors (Lipinski definition) is 1. The summed E-state index contributed by atoms with van der Waals surface area (Å²) in [6.07, 6.45) is 1.01. The number of rotatable bonds is 0. The van der Waals surface area contributed by atoms with E-state index in [1.54, 1.807) is 0 Å². The van der Waals surface area contributed by atoms with E-state index in [1.165, 1.54) is 0 Å². The van der Waals surface area contributed by atoms with Gasteiger partial charge < -0.3 is 10.4 Å². The lowest BCUT2D eigenvalue weighted by Gasteiger charge is -1.85. The van der Waals surface area contributed by atoms with Crippen molar-refractivity contribution < 1.29 is 0 Å². The normalized spacial score (nSPS) is 23.7. The van der Waals surface area contributed by atoms with Gasteiger partial charge in [-0.1, -0.05) is 0 Å². The molecule has 0 amide bonds. The summed E-state index contributed by atoms with van der Waals surface area (Å²) in [4.78, 5) is 0. The molecule has 1 aliphatic rings. The van der Waals surface area contributed by atoms with Gasteiger partial charge in [0.25, 0.3) is 0 Å². The first-order valence-corrected chi connectivity index (χ1v) is 3.28. The first-order valence-electron chi connectivity index (χ1n) is 1.66. The Bertz CT molecular complexity index is 65.9. The van der Waals surface area contributed by atoms with Crippen molar-refractivity contribution in [2.24, 2.45) is 0 Å². The van der Waals surface area contributed by atoms with Crippen molar-refractivity contribution in [1.29, 1.82) is 0 Å². The standard InChI is InChI=1S/C2H5N2PS/c6-2-3-1-5-4-2/h5H,1H2,(H2,3,4,6). The zero-order chi connectivity index (χ0) is 4.41. The first-order chi connectivity index (χ1) is 2.89. The molecule has 0 bridgehead atoms. The molecule has 0 saturated carbocycles. The molecule has 6 heavy (non-hydrogen) atoms. The smallest absolute Gasteiger partial charge is 0.169 e. The minimum Gasteiger partial charge on any atom is -0.357 e. The van der Waals surface area contributed by atoms with Crippen molar-refractivity contribution in [3.05, 3.63) is 0 Å². The molecular formula is C2H5N2PS. The molecule has 0 spiro atoms. The Balaban J connectivity index is 2.37. The van der Waals surface area contributed by atoms with Crippen LogP contribution in [-0.2, 0) is 0 Å².